The first kappa shape index (κ1) is 14.7. The summed E-state index contributed by atoms with van der Waals surface area (Å²) in [4.78, 5) is 12.0. The standard InChI is InChI=1S/C15H21FO2/c1-5-18-14(17)13(15(2,3)4)10-11-6-8-12(16)9-7-11/h6-9,13H,5,10H2,1-4H3. The van der Waals surface area contributed by atoms with Gasteiger partial charge in [-0.1, -0.05) is 32.9 Å². The van der Waals surface area contributed by atoms with E-state index >= 15 is 0 Å². The van der Waals surface area contributed by atoms with Crippen molar-refractivity contribution < 1.29 is 13.9 Å². The van der Waals surface area contributed by atoms with E-state index in [2.05, 4.69) is 0 Å². The maximum absolute atomic E-state index is 12.8. The summed E-state index contributed by atoms with van der Waals surface area (Å²) in [5.74, 6) is -0.667. The molecule has 3 heteroatoms. The van der Waals surface area contributed by atoms with E-state index < -0.39 is 0 Å². The van der Waals surface area contributed by atoms with Crippen molar-refractivity contribution in [3.63, 3.8) is 0 Å². The molecular weight excluding hydrogens is 231 g/mol. The minimum Gasteiger partial charge on any atom is -0.466 e. The first-order valence-corrected chi connectivity index (χ1v) is 6.25. The van der Waals surface area contributed by atoms with Crippen LogP contribution in [0.15, 0.2) is 24.3 Å². The number of rotatable bonds is 4. The normalized spacial score (nSPS) is 13.2. The second-order valence-electron chi connectivity index (χ2n) is 5.50. The Balaban J connectivity index is 2.85. The molecule has 0 fully saturated rings. The molecule has 1 unspecified atom stereocenters. The average molecular weight is 252 g/mol. The molecule has 0 radical (unpaired) electrons. The molecule has 0 spiro atoms. The zero-order chi connectivity index (χ0) is 13.8. The van der Waals surface area contributed by atoms with Crippen LogP contribution in [0.3, 0.4) is 0 Å². The zero-order valence-corrected chi connectivity index (χ0v) is 11.5. The van der Waals surface area contributed by atoms with Gasteiger partial charge in [-0.2, -0.15) is 0 Å². The molecule has 0 heterocycles. The predicted molar refractivity (Wildman–Crippen MR) is 69.7 cm³/mol. The smallest absolute Gasteiger partial charge is 0.309 e. The summed E-state index contributed by atoms with van der Waals surface area (Å²) in [5.41, 5.74) is 0.769. The van der Waals surface area contributed by atoms with Crippen LogP contribution in [0.5, 0.6) is 0 Å². The monoisotopic (exact) mass is 252 g/mol. The third kappa shape index (κ3) is 4.13. The summed E-state index contributed by atoms with van der Waals surface area (Å²) >= 11 is 0. The van der Waals surface area contributed by atoms with Crippen molar-refractivity contribution in [2.24, 2.45) is 11.3 Å². The van der Waals surface area contributed by atoms with Gasteiger partial charge in [0.15, 0.2) is 0 Å². The van der Waals surface area contributed by atoms with Crippen LogP contribution in [-0.4, -0.2) is 12.6 Å². The maximum Gasteiger partial charge on any atom is 0.309 e. The third-order valence-electron chi connectivity index (χ3n) is 2.97. The van der Waals surface area contributed by atoms with Gasteiger partial charge < -0.3 is 4.74 Å². The highest BCUT2D eigenvalue weighted by Crippen LogP contribution is 2.30. The molecule has 0 aromatic heterocycles. The van der Waals surface area contributed by atoms with Gasteiger partial charge in [0.2, 0.25) is 0 Å². The van der Waals surface area contributed by atoms with Crippen molar-refractivity contribution >= 4 is 5.97 Å². The molecule has 0 N–H and O–H groups in total. The van der Waals surface area contributed by atoms with Crippen LogP contribution in [-0.2, 0) is 16.0 Å². The Labute approximate surface area is 108 Å². The molecule has 0 aliphatic carbocycles. The predicted octanol–water partition coefficient (Wildman–Crippen LogP) is 3.59. The van der Waals surface area contributed by atoms with Crippen molar-refractivity contribution in [1.82, 2.24) is 0 Å². The van der Waals surface area contributed by atoms with Crippen LogP contribution in [0.1, 0.15) is 33.3 Å². The molecular formula is C15H21FO2. The SMILES string of the molecule is CCOC(=O)C(Cc1ccc(F)cc1)C(C)(C)C. The fourth-order valence-corrected chi connectivity index (χ4v) is 1.84. The van der Waals surface area contributed by atoms with Gasteiger partial charge in [-0.25, -0.2) is 4.39 Å². The van der Waals surface area contributed by atoms with Crippen molar-refractivity contribution in [3.8, 4) is 0 Å². The largest absolute Gasteiger partial charge is 0.466 e. The molecule has 0 aliphatic rings. The number of esters is 1. The minimum absolute atomic E-state index is 0.180. The van der Waals surface area contributed by atoms with Crippen LogP contribution >= 0.6 is 0 Å². The summed E-state index contributed by atoms with van der Waals surface area (Å²) in [6.07, 6.45) is 0.572. The molecule has 0 amide bonds. The number of benzene rings is 1. The number of ether oxygens (including phenoxy) is 1. The van der Waals surface area contributed by atoms with Crippen LogP contribution in [0.2, 0.25) is 0 Å². The molecule has 1 aromatic carbocycles. The molecule has 2 nitrogen and oxygen atoms in total. The van der Waals surface area contributed by atoms with E-state index in [0.29, 0.717) is 13.0 Å². The molecule has 0 saturated carbocycles. The van der Waals surface area contributed by atoms with Crippen LogP contribution < -0.4 is 0 Å². The van der Waals surface area contributed by atoms with E-state index in [0.717, 1.165) is 5.56 Å². The van der Waals surface area contributed by atoms with Gasteiger partial charge in [0.1, 0.15) is 5.82 Å². The number of hydrogen-bond donors (Lipinski definition) is 0. The van der Waals surface area contributed by atoms with Gasteiger partial charge in [0.05, 0.1) is 12.5 Å². The van der Waals surface area contributed by atoms with Gasteiger partial charge in [-0.3, -0.25) is 4.79 Å². The zero-order valence-electron chi connectivity index (χ0n) is 11.5. The quantitative estimate of drug-likeness (QED) is 0.765. The molecule has 0 bridgehead atoms. The number of hydrogen-bond acceptors (Lipinski definition) is 2. The van der Waals surface area contributed by atoms with E-state index in [9.17, 15) is 9.18 Å². The Morgan fingerprint density at radius 2 is 1.83 bits per heavy atom. The van der Waals surface area contributed by atoms with Gasteiger partial charge in [-0.15, -0.1) is 0 Å². The highest BCUT2D eigenvalue weighted by atomic mass is 19.1. The summed E-state index contributed by atoms with van der Waals surface area (Å²) in [7, 11) is 0. The van der Waals surface area contributed by atoms with Crippen molar-refractivity contribution in [3.05, 3.63) is 35.6 Å². The summed E-state index contributed by atoms with van der Waals surface area (Å²) in [6.45, 7) is 8.22. The average Bonchev–Trinajstić information content (AvgIpc) is 2.26. The van der Waals surface area contributed by atoms with Crippen LogP contribution in [0, 0.1) is 17.2 Å². The lowest BCUT2D eigenvalue weighted by atomic mass is 9.77. The number of carbonyl (C=O) groups is 1. The first-order valence-electron chi connectivity index (χ1n) is 6.25. The molecule has 0 aliphatic heterocycles. The van der Waals surface area contributed by atoms with Gasteiger partial charge in [0, 0.05) is 0 Å². The third-order valence-corrected chi connectivity index (χ3v) is 2.97. The molecule has 0 saturated heterocycles. The van der Waals surface area contributed by atoms with E-state index in [-0.39, 0.29) is 23.1 Å². The topological polar surface area (TPSA) is 26.3 Å². The van der Waals surface area contributed by atoms with Gasteiger partial charge in [0.25, 0.3) is 0 Å². The van der Waals surface area contributed by atoms with E-state index in [1.165, 1.54) is 12.1 Å². The molecule has 1 atom stereocenters. The first-order chi connectivity index (χ1) is 8.34. The second-order valence-corrected chi connectivity index (χ2v) is 5.50. The molecule has 1 rings (SSSR count). The van der Waals surface area contributed by atoms with Gasteiger partial charge in [-0.05, 0) is 36.5 Å². The maximum atomic E-state index is 12.8. The van der Waals surface area contributed by atoms with Crippen molar-refractivity contribution in [2.45, 2.75) is 34.1 Å². The minimum atomic E-state index is -0.262. The fraction of sp³-hybridized carbons (Fsp3) is 0.533. The Morgan fingerprint density at radius 3 is 2.28 bits per heavy atom. The van der Waals surface area contributed by atoms with E-state index in [1.54, 1.807) is 19.1 Å². The Bertz CT molecular complexity index is 390. The molecule has 100 valence electrons. The lowest BCUT2D eigenvalue weighted by molar-refractivity contribution is -0.151. The summed E-state index contributed by atoms with van der Waals surface area (Å²) in [6, 6.07) is 6.26. The Morgan fingerprint density at radius 1 is 1.28 bits per heavy atom. The lowest BCUT2D eigenvalue weighted by Crippen LogP contribution is -2.32. The van der Waals surface area contributed by atoms with Gasteiger partial charge >= 0.3 is 5.97 Å². The lowest BCUT2D eigenvalue weighted by Gasteiger charge is -2.28. The highest BCUT2D eigenvalue weighted by molar-refractivity contribution is 5.73. The fourth-order valence-electron chi connectivity index (χ4n) is 1.84. The van der Waals surface area contributed by atoms with Crippen LogP contribution in [0.25, 0.3) is 0 Å². The highest BCUT2D eigenvalue weighted by Gasteiger charge is 2.32. The van der Waals surface area contributed by atoms with Crippen molar-refractivity contribution in [1.29, 1.82) is 0 Å². The Hall–Kier alpha value is -1.38. The van der Waals surface area contributed by atoms with Crippen molar-refractivity contribution in [2.75, 3.05) is 6.61 Å². The number of carbonyl (C=O) groups excluding carboxylic acids is 1. The summed E-state index contributed by atoms with van der Waals surface area (Å²) < 4.78 is 18.0. The second kappa shape index (κ2) is 5.98. The van der Waals surface area contributed by atoms with E-state index in [4.69, 9.17) is 4.74 Å². The summed E-state index contributed by atoms with van der Waals surface area (Å²) in [5, 5.41) is 0. The number of halogens is 1. The van der Waals surface area contributed by atoms with E-state index in [1.807, 2.05) is 20.8 Å². The van der Waals surface area contributed by atoms with Crippen LogP contribution in [0.4, 0.5) is 4.39 Å². The Kier molecular flexibility index (Phi) is 4.88. The molecule has 1 aromatic rings. The molecule has 18 heavy (non-hydrogen) atoms.